The minimum absolute atomic E-state index is 0.243. The largest absolute Gasteiger partial charge is 0.467 e. The number of benzene rings is 2. The summed E-state index contributed by atoms with van der Waals surface area (Å²) < 4.78 is 7.89. The van der Waals surface area contributed by atoms with E-state index >= 15 is 0 Å². The molecule has 2 heterocycles. The minimum Gasteiger partial charge on any atom is -0.467 e. The molecule has 1 N–H and O–H groups in total. The standard InChI is InChI=1S/C25H24N4O4/c1-28-22-19(14-26-28)24(31)29(15-18-11-7-4-8-12-18)16-20(22)23(30)27-21(25(32)33-2)13-17-9-5-3-6-10-17/h3-12,14,16,21H,13,15H2,1-2H3,(H,27,30)/t21-/m0/s1. The maximum atomic E-state index is 13.4. The van der Waals surface area contributed by atoms with Crippen molar-refractivity contribution in [2.24, 2.45) is 7.05 Å². The Bertz CT molecular complexity index is 1340. The van der Waals surface area contributed by atoms with Gasteiger partial charge in [0.1, 0.15) is 6.04 Å². The number of esters is 1. The van der Waals surface area contributed by atoms with Gasteiger partial charge in [-0.3, -0.25) is 14.3 Å². The number of amides is 1. The molecule has 4 rings (SSSR count). The molecule has 0 unspecified atom stereocenters. The number of rotatable bonds is 7. The molecule has 0 radical (unpaired) electrons. The van der Waals surface area contributed by atoms with Crippen LogP contribution < -0.4 is 10.9 Å². The molecule has 168 valence electrons. The third-order valence-electron chi connectivity index (χ3n) is 5.48. The maximum Gasteiger partial charge on any atom is 0.328 e. The maximum absolute atomic E-state index is 13.4. The predicted molar refractivity (Wildman–Crippen MR) is 124 cm³/mol. The molecule has 4 aromatic rings. The van der Waals surface area contributed by atoms with Crippen LogP contribution in [0, 0.1) is 0 Å². The summed E-state index contributed by atoms with van der Waals surface area (Å²) in [6.45, 7) is 0.301. The van der Waals surface area contributed by atoms with Crippen molar-refractivity contribution in [1.82, 2.24) is 19.7 Å². The number of carbonyl (C=O) groups is 2. The van der Waals surface area contributed by atoms with E-state index in [9.17, 15) is 14.4 Å². The van der Waals surface area contributed by atoms with E-state index in [1.807, 2.05) is 60.7 Å². The third kappa shape index (κ3) is 4.69. The van der Waals surface area contributed by atoms with E-state index in [-0.39, 0.29) is 17.5 Å². The third-order valence-corrected chi connectivity index (χ3v) is 5.48. The van der Waals surface area contributed by atoms with Gasteiger partial charge in [0.2, 0.25) is 0 Å². The zero-order chi connectivity index (χ0) is 23.4. The van der Waals surface area contributed by atoms with Gasteiger partial charge in [-0.25, -0.2) is 4.79 Å². The van der Waals surface area contributed by atoms with Gasteiger partial charge >= 0.3 is 5.97 Å². The first-order valence-corrected chi connectivity index (χ1v) is 10.5. The topological polar surface area (TPSA) is 95.2 Å². The number of ether oxygens (including phenoxy) is 1. The molecule has 0 aliphatic heterocycles. The van der Waals surface area contributed by atoms with Crippen LogP contribution in [0.25, 0.3) is 10.9 Å². The van der Waals surface area contributed by atoms with Crippen molar-refractivity contribution in [2.75, 3.05) is 7.11 Å². The van der Waals surface area contributed by atoms with E-state index < -0.39 is 17.9 Å². The van der Waals surface area contributed by atoms with Crippen molar-refractivity contribution in [3.63, 3.8) is 0 Å². The summed E-state index contributed by atoms with van der Waals surface area (Å²) in [4.78, 5) is 38.8. The number of carbonyl (C=O) groups excluding carboxylic acids is 2. The fraction of sp³-hybridized carbons (Fsp3) is 0.200. The zero-order valence-corrected chi connectivity index (χ0v) is 18.4. The van der Waals surface area contributed by atoms with E-state index in [0.717, 1.165) is 11.1 Å². The van der Waals surface area contributed by atoms with Crippen molar-refractivity contribution >= 4 is 22.8 Å². The number of nitrogens with one attached hydrogen (secondary N) is 1. The van der Waals surface area contributed by atoms with Crippen molar-refractivity contribution < 1.29 is 14.3 Å². The van der Waals surface area contributed by atoms with Crippen LogP contribution in [0.5, 0.6) is 0 Å². The Kier molecular flexibility index (Phi) is 6.35. The van der Waals surface area contributed by atoms with Crippen LogP contribution in [0.3, 0.4) is 0 Å². The molecular weight excluding hydrogens is 420 g/mol. The Balaban J connectivity index is 1.71. The SMILES string of the molecule is COC(=O)[C@H](Cc1ccccc1)NC(=O)c1cn(Cc2ccccc2)c(=O)c2cnn(C)c12. The van der Waals surface area contributed by atoms with E-state index in [0.29, 0.717) is 17.4 Å². The van der Waals surface area contributed by atoms with Crippen LogP contribution in [0.1, 0.15) is 21.5 Å². The van der Waals surface area contributed by atoms with Gasteiger partial charge in [0.05, 0.1) is 36.3 Å². The van der Waals surface area contributed by atoms with Crippen LogP contribution in [-0.2, 0) is 29.5 Å². The van der Waals surface area contributed by atoms with Crippen LogP contribution in [0.4, 0.5) is 0 Å². The number of pyridine rings is 1. The summed E-state index contributed by atoms with van der Waals surface area (Å²) in [6.07, 6.45) is 3.25. The summed E-state index contributed by atoms with van der Waals surface area (Å²) in [6, 6.07) is 18.0. The molecular formula is C25H24N4O4. The lowest BCUT2D eigenvalue weighted by atomic mass is 10.1. The Morgan fingerprint density at radius 3 is 2.30 bits per heavy atom. The molecule has 8 nitrogen and oxygen atoms in total. The molecule has 0 saturated heterocycles. The Morgan fingerprint density at radius 2 is 1.67 bits per heavy atom. The molecule has 8 heteroatoms. The molecule has 0 saturated carbocycles. The predicted octanol–water partition coefficient (Wildman–Crippen LogP) is 2.30. The van der Waals surface area contributed by atoms with Crippen LogP contribution in [-0.4, -0.2) is 39.4 Å². The van der Waals surface area contributed by atoms with Crippen molar-refractivity contribution in [3.8, 4) is 0 Å². The lowest BCUT2D eigenvalue weighted by molar-refractivity contribution is -0.142. The van der Waals surface area contributed by atoms with Gasteiger partial charge < -0.3 is 14.6 Å². The number of aromatic nitrogens is 3. The number of nitrogens with zero attached hydrogens (tertiary/aromatic N) is 3. The van der Waals surface area contributed by atoms with Crippen molar-refractivity contribution in [3.05, 3.63) is 100 Å². The first-order chi connectivity index (χ1) is 16.0. The van der Waals surface area contributed by atoms with E-state index in [1.54, 1.807) is 7.05 Å². The summed E-state index contributed by atoms with van der Waals surface area (Å²) in [5, 5.41) is 7.29. The van der Waals surface area contributed by atoms with Gasteiger partial charge in [0, 0.05) is 19.7 Å². The van der Waals surface area contributed by atoms with Gasteiger partial charge in [0.15, 0.2) is 0 Å². The average Bonchev–Trinajstić information content (AvgIpc) is 3.23. The zero-order valence-electron chi connectivity index (χ0n) is 18.4. The molecule has 1 atom stereocenters. The van der Waals surface area contributed by atoms with Crippen LogP contribution in [0.15, 0.2) is 77.9 Å². The average molecular weight is 444 g/mol. The van der Waals surface area contributed by atoms with Crippen LogP contribution >= 0.6 is 0 Å². The summed E-state index contributed by atoms with van der Waals surface area (Å²) >= 11 is 0. The molecule has 1 amide bonds. The lowest BCUT2D eigenvalue weighted by Gasteiger charge is -2.18. The summed E-state index contributed by atoms with van der Waals surface area (Å²) in [5.74, 6) is -1.04. The van der Waals surface area contributed by atoms with Crippen LogP contribution in [0.2, 0.25) is 0 Å². The Hall–Kier alpha value is -4.20. The molecule has 0 bridgehead atoms. The number of methoxy groups -OCH3 is 1. The van der Waals surface area contributed by atoms with Crippen molar-refractivity contribution in [1.29, 1.82) is 0 Å². The second-order valence-electron chi connectivity index (χ2n) is 7.73. The molecule has 0 aliphatic rings. The Morgan fingerprint density at radius 1 is 1.03 bits per heavy atom. The lowest BCUT2D eigenvalue weighted by Crippen LogP contribution is -2.43. The number of hydrogen-bond donors (Lipinski definition) is 1. The fourth-order valence-electron chi connectivity index (χ4n) is 3.83. The molecule has 0 spiro atoms. The second-order valence-corrected chi connectivity index (χ2v) is 7.73. The van der Waals surface area contributed by atoms with Gasteiger partial charge in [-0.05, 0) is 11.1 Å². The van der Waals surface area contributed by atoms with E-state index in [1.165, 1.54) is 28.8 Å². The van der Waals surface area contributed by atoms with E-state index in [2.05, 4.69) is 10.4 Å². The monoisotopic (exact) mass is 444 g/mol. The highest BCUT2D eigenvalue weighted by atomic mass is 16.5. The summed E-state index contributed by atoms with van der Waals surface area (Å²) in [7, 11) is 2.95. The number of aryl methyl sites for hydroxylation is 1. The van der Waals surface area contributed by atoms with Gasteiger partial charge in [0.25, 0.3) is 11.5 Å². The summed E-state index contributed by atoms with van der Waals surface area (Å²) in [5.41, 5.74) is 2.22. The van der Waals surface area contributed by atoms with Gasteiger partial charge in [-0.15, -0.1) is 0 Å². The molecule has 33 heavy (non-hydrogen) atoms. The first kappa shape index (κ1) is 22.0. The highest BCUT2D eigenvalue weighted by Gasteiger charge is 2.25. The number of hydrogen-bond acceptors (Lipinski definition) is 5. The first-order valence-electron chi connectivity index (χ1n) is 10.5. The highest BCUT2D eigenvalue weighted by molar-refractivity contribution is 6.06. The quantitative estimate of drug-likeness (QED) is 0.442. The van der Waals surface area contributed by atoms with Gasteiger partial charge in [-0.1, -0.05) is 60.7 Å². The molecule has 0 aliphatic carbocycles. The van der Waals surface area contributed by atoms with Gasteiger partial charge in [-0.2, -0.15) is 5.10 Å². The fourth-order valence-corrected chi connectivity index (χ4v) is 3.83. The highest BCUT2D eigenvalue weighted by Crippen LogP contribution is 2.16. The molecule has 2 aromatic carbocycles. The normalized spacial score (nSPS) is 11.8. The second kappa shape index (κ2) is 9.52. The number of fused-ring (bicyclic) bond motifs is 1. The minimum atomic E-state index is -0.886. The molecule has 0 fully saturated rings. The van der Waals surface area contributed by atoms with E-state index in [4.69, 9.17) is 4.74 Å². The van der Waals surface area contributed by atoms with Crippen molar-refractivity contribution in [2.45, 2.75) is 19.0 Å². The Labute approximate surface area is 190 Å². The smallest absolute Gasteiger partial charge is 0.328 e. The molecule has 2 aromatic heterocycles.